The Morgan fingerprint density at radius 2 is 1.82 bits per heavy atom. The second kappa shape index (κ2) is 5.05. The predicted octanol–water partition coefficient (Wildman–Crippen LogP) is 3.28. The maximum atomic E-state index is 12.7. The van der Waals surface area contributed by atoms with Crippen molar-refractivity contribution in [1.82, 2.24) is 0 Å². The van der Waals surface area contributed by atoms with Gasteiger partial charge in [0.05, 0.1) is 12.2 Å². The van der Waals surface area contributed by atoms with Crippen LogP contribution in [0.4, 0.5) is 11.4 Å². The Balaban J connectivity index is 2.01. The van der Waals surface area contributed by atoms with E-state index < -0.39 is 5.60 Å². The molecular weight excluding hydrogens is 276 g/mol. The minimum atomic E-state index is -0.897. The molecule has 1 amide bonds. The first-order chi connectivity index (χ1) is 10.4. The fourth-order valence-corrected chi connectivity index (χ4v) is 2.62. The van der Waals surface area contributed by atoms with Gasteiger partial charge in [-0.15, -0.1) is 0 Å². The average molecular weight is 296 g/mol. The molecular formula is C18H20N2O2. The molecule has 2 aromatic carbocycles. The normalized spacial score (nSPS) is 16.1. The highest BCUT2D eigenvalue weighted by Gasteiger charge is 2.40. The van der Waals surface area contributed by atoms with Crippen LogP contribution < -0.4 is 15.4 Å². The van der Waals surface area contributed by atoms with Crippen LogP contribution in [-0.2, 0) is 11.3 Å². The van der Waals surface area contributed by atoms with E-state index in [0.29, 0.717) is 18.0 Å². The molecule has 0 aromatic heterocycles. The van der Waals surface area contributed by atoms with Crippen molar-refractivity contribution in [2.75, 3.05) is 10.6 Å². The van der Waals surface area contributed by atoms with Gasteiger partial charge in [0.25, 0.3) is 5.91 Å². The van der Waals surface area contributed by atoms with Crippen molar-refractivity contribution in [2.45, 2.75) is 32.9 Å². The lowest BCUT2D eigenvalue weighted by atomic mass is 10.0. The minimum absolute atomic E-state index is 0.0506. The van der Waals surface area contributed by atoms with E-state index in [1.807, 2.05) is 25.1 Å². The van der Waals surface area contributed by atoms with E-state index in [1.165, 1.54) is 5.56 Å². The summed E-state index contributed by atoms with van der Waals surface area (Å²) in [4.78, 5) is 14.5. The molecule has 1 heterocycles. The molecule has 22 heavy (non-hydrogen) atoms. The van der Waals surface area contributed by atoms with Gasteiger partial charge in [-0.05, 0) is 38.5 Å². The Labute approximate surface area is 130 Å². The van der Waals surface area contributed by atoms with Crippen molar-refractivity contribution >= 4 is 17.3 Å². The number of amides is 1. The third-order valence-electron chi connectivity index (χ3n) is 3.86. The summed E-state index contributed by atoms with van der Waals surface area (Å²) in [5.74, 6) is 0.599. The first kappa shape index (κ1) is 14.4. The molecule has 0 unspecified atom stereocenters. The number of anilines is 2. The van der Waals surface area contributed by atoms with Crippen LogP contribution in [0.5, 0.6) is 5.75 Å². The summed E-state index contributed by atoms with van der Waals surface area (Å²) in [6.07, 6.45) is 0. The number of aryl methyl sites for hydroxylation is 1. The zero-order valence-corrected chi connectivity index (χ0v) is 13.1. The molecule has 2 aromatic rings. The topological polar surface area (TPSA) is 55.6 Å². The van der Waals surface area contributed by atoms with E-state index in [9.17, 15) is 4.79 Å². The number of ether oxygens (including phenoxy) is 1. The highest BCUT2D eigenvalue weighted by atomic mass is 16.5. The van der Waals surface area contributed by atoms with Crippen molar-refractivity contribution in [3.63, 3.8) is 0 Å². The van der Waals surface area contributed by atoms with E-state index in [4.69, 9.17) is 10.5 Å². The van der Waals surface area contributed by atoms with Crippen LogP contribution in [0.15, 0.2) is 42.5 Å². The van der Waals surface area contributed by atoms with Gasteiger partial charge in [-0.2, -0.15) is 0 Å². The molecule has 4 nitrogen and oxygen atoms in total. The Morgan fingerprint density at radius 1 is 1.14 bits per heavy atom. The van der Waals surface area contributed by atoms with Gasteiger partial charge in [0.1, 0.15) is 5.75 Å². The number of fused-ring (bicyclic) bond motifs is 1. The van der Waals surface area contributed by atoms with Gasteiger partial charge in [0.2, 0.25) is 0 Å². The Morgan fingerprint density at radius 3 is 2.50 bits per heavy atom. The molecule has 4 heteroatoms. The molecule has 3 rings (SSSR count). The molecule has 0 saturated carbocycles. The van der Waals surface area contributed by atoms with Crippen LogP contribution in [0.2, 0.25) is 0 Å². The number of nitrogens with two attached hydrogens (primary N) is 1. The van der Waals surface area contributed by atoms with Gasteiger partial charge in [-0.25, -0.2) is 0 Å². The van der Waals surface area contributed by atoms with E-state index in [2.05, 4.69) is 12.1 Å². The van der Waals surface area contributed by atoms with E-state index in [1.54, 1.807) is 30.9 Å². The summed E-state index contributed by atoms with van der Waals surface area (Å²) in [5.41, 5.74) is 8.61. The molecule has 0 aliphatic carbocycles. The van der Waals surface area contributed by atoms with Crippen LogP contribution in [0, 0.1) is 6.92 Å². The van der Waals surface area contributed by atoms with Gasteiger partial charge in [0.15, 0.2) is 5.60 Å². The molecule has 0 spiro atoms. The van der Waals surface area contributed by atoms with Crippen molar-refractivity contribution in [3.05, 3.63) is 53.6 Å². The van der Waals surface area contributed by atoms with Crippen LogP contribution in [0.25, 0.3) is 0 Å². The number of rotatable bonds is 2. The summed E-state index contributed by atoms with van der Waals surface area (Å²) >= 11 is 0. The van der Waals surface area contributed by atoms with Gasteiger partial charge < -0.3 is 15.4 Å². The van der Waals surface area contributed by atoms with Crippen LogP contribution in [0.1, 0.15) is 25.0 Å². The lowest BCUT2D eigenvalue weighted by Crippen LogP contribution is -2.52. The third-order valence-corrected chi connectivity index (χ3v) is 3.86. The quantitative estimate of drug-likeness (QED) is 0.865. The summed E-state index contributed by atoms with van der Waals surface area (Å²) in [7, 11) is 0. The van der Waals surface area contributed by atoms with Gasteiger partial charge in [0, 0.05) is 11.8 Å². The molecule has 0 bridgehead atoms. The highest BCUT2D eigenvalue weighted by molar-refractivity contribution is 6.02. The summed E-state index contributed by atoms with van der Waals surface area (Å²) in [6.45, 7) is 6.13. The monoisotopic (exact) mass is 296 g/mol. The lowest BCUT2D eigenvalue weighted by Gasteiger charge is -2.39. The van der Waals surface area contributed by atoms with E-state index >= 15 is 0 Å². The summed E-state index contributed by atoms with van der Waals surface area (Å²) < 4.78 is 5.83. The second-order valence-corrected chi connectivity index (χ2v) is 6.22. The maximum absolute atomic E-state index is 12.7. The third kappa shape index (κ3) is 2.52. The van der Waals surface area contributed by atoms with Crippen LogP contribution >= 0.6 is 0 Å². The van der Waals surface area contributed by atoms with E-state index in [0.717, 1.165) is 11.3 Å². The fraction of sp³-hybridized carbons (Fsp3) is 0.278. The molecule has 114 valence electrons. The number of nitrogens with zero attached hydrogens (tertiary/aromatic N) is 1. The van der Waals surface area contributed by atoms with Crippen LogP contribution in [0.3, 0.4) is 0 Å². The smallest absolute Gasteiger partial charge is 0.271 e. The maximum Gasteiger partial charge on any atom is 0.271 e. The standard InChI is InChI=1S/C18H20N2O2/c1-12-4-6-13(7-5-12)11-20-15-9-8-14(19)10-16(15)22-18(2,3)17(20)21/h4-10H,11,19H2,1-3H3. The average Bonchev–Trinajstić information content (AvgIpc) is 2.45. The molecule has 1 aliphatic rings. The largest absolute Gasteiger partial charge is 0.476 e. The van der Waals surface area contributed by atoms with Gasteiger partial charge in [-0.1, -0.05) is 29.8 Å². The van der Waals surface area contributed by atoms with E-state index in [-0.39, 0.29) is 5.91 Å². The number of benzene rings is 2. The number of hydrogen-bond donors (Lipinski definition) is 1. The van der Waals surface area contributed by atoms with Crippen molar-refractivity contribution in [1.29, 1.82) is 0 Å². The SMILES string of the molecule is Cc1ccc(CN2C(=O)C(C)(C)Oc3cc(N)ccc32)cc1. The molecule has 2 N–H and O–H groups in total. The number of nitrogen functional groups attached to an aromatic ring is 1. The van der Waals surface area contributed by atoms with Crippen molar-refractivity contribution in [3.8, 4) is 5.75 Å². The molecule has 0 fully saturated rings. The molecule has 1 aliphatic heterocycles. The Hall–Kier alpha value is -2.49. The highest BCUT2D eigenvalue weighted by Crippen LogP contribution is 2.39. The minimum Gasteiger partial charge on any atom is -0.476 e. The number of hydrogen-bond acceptors (Lipinski definition) is 3. The number of carbonyl (C=O) groups excluding carboxylic acids is 1. The lowest BCUT2D eigenvalue weighted by molar-refractivity contribution is -0.132. The van der Waals surface area contributed by atoms with Gasteiger partial charge in [-0.3, -0.25) is 4.79 Å². The number of carbonyl (C=O) groups is 1. The first-order valence-electron chi connectivity index (χ1n) is 7.33. The molecule has 0 atom stereocenters. The summed E-state index contributed by atoms with van der Waals surface area (Å²) in [6, 6.07) is 13.6. The predicted molar refractivity (Wildman–Crippen MR) is 87.9 cm³/mol. The Kier molecular flexibility index (Phi) is 3.32. The fourth-order valence-electron chi connectivity index (χ4n) is 2.62. The van der Waals surface area contributed by atoms with Crippen molar-refractivity contribution in [2.24, 2.45) is 0 Å². The zero-order valence-electron chi connectivity index (χ0n) is 13.1. The molecule has 0 saturated heterocycles. The second-order valence-electron chi connectivity index (χ2n) is 6.22. The zero-order chi connectivity index (χ0) is 15.9. The first-order valence-corrected chi connectivity index (χ1v) is 7.33. The molecule has 0 radical (unpaired) electrons. The van der Waals surface area contributed by atoms with Crippen LogP contribution in [-0.4, -0.2) is 11.5 Å². The Bertz CT molecular complexity index is 720. The van der Waals surface area contributed by atoms with Gasteiger partial charge >= 0.3 is 0 Å². The summed E-state index contributed by atoms with van der Waals surface area (Å²) in [5, 5.41) is 0. The van der Waals surface area contributed by atoms with Crippen molar-refractivity contribution < 1.29 is 9.53 Å².